The van der Waals surface area contributed by atoms with Crippen molar-refractivity contribution in [3.05, 3.63) is 29.5 Å². The predicted octanol–water partition coefficient (Wildman–Crippen LogP) is 3.14. The fraction of sp³-hybridized carbons (Fsp3) is 0.364. The van der Waals surface area contributed by atoms with E-state index in [0.29, 0.717) is 16.6 Å². The summed E-state index contributed by atoms with van der Waals surface area (Å²) < 4.78 is 26.5. The number of nitrogens with one attached hydrogen (secondary N) is 1. The monoisotopic (exact) mass is 210 g/mol. The Morgan fingerprint density at radius 2 is 1.87 bits per heavy atom. The first-order valence-corrected chi connectivity index (χ1v) is 4.73. The van der Waals surface area contributed by atoms with Gasteiger partial charge in [0.2, 0.25) is 0 Å². The van der Waals surface area contributed by atoms with Crippen molar-refractivity contribution >= 4 is 10.9 Å². The first-order valence-electron chi connectivity index (χ1n) is 4.73. The number of H-pyrrole nitrogens is 1. The highest BCUT2D eigenvalue weighted by Crippen LogP contribution is 2.29. The van der Waals surface area contributed by atoms with Gasteiger partial charge in [0.05, 0.1) is 16.6 Å². The second-order valence-electron chi connectivity index (χ2n) is 4.63. The molecule has 0 spiro atoms. The second kappa shape index (κ2) is 3.02. The number of nitrogens with zero attached hydrogens (tertiary/aromatic N) is 1. The van der Waals surface area contributed by atoms with Crippen molar-refractivity contribution in [3.8, 4) is 0 Å². The quantitative estimate of drug-likeness (QED) is 0.711. The summed E-state index contributed by atoms with van der Waals surface area (Å²) in [5.74, 6) is -1.17. The zero-order valence-electron chi connectivity index (χ0n) is 8.86. The zero-order valence-corrected chi connectivity index (χ0v) is 8.86. The summed E-state index contributed by atoms with van der Waals surface area (Å²) in [5.41, 5.74) is 0.778. The average Bonchev–Trinajstić information content (AvgIpc) is 2.45. The van der Waals surface area contributed by atoms with E-state index < -0.39 is 11.6 Å². The molecule has 0 bridgehead atoms. The summed E-state index contributed by atoms with van der Waals surface area (Å²) in [4.78, 5) is 0. The molecule has 2 rings (SSSR count). The van der Waals surface area contributed by atoms with Crippen molar-refractivity contribution in [2.45, 2.75) is 26.2 Å². The third-order valence-electron chi connectivity index (χ3n) is 2.32. The van der Waals surface area contributed by atoms with Crippen molar-refractivity contribution in [1.29, 1.82) is 0 Å². The lowest BCUT2D eigenvalue weighted by Gasteiger charge is -2.16. The van der Waals surface area contributed by atoms with Gasteiger partial charge in [-0.3, -0.25) is 5.10 Å². The lowest BCUT2D eigenvalue weighted by atomic mass is 9.90. The van der Waals surface area contributed by atoms with Crippen LogP contribution in [0.3, 0.4) is 0 Å². The zero-order chi connectivity index (χ0) is 11.2. The first kappa shape index (κ1) is 10.1. The lowest BCUT2D eigenvalue weighted by molar-refractivity contribution is 0.562. The van der Waals surface area contributed by atoms with Crippen molar-refractivity contribution < 1.29 is 8.78 Å². The molecule has 15 heavy (non-hydrogen) atoms. The van der Waals surface area contributed by atoms with E-state index in [1.165, 1.54) is 6.07 Å². The van der Waals surface area contributed by atoms with Crippen molar-refractivity contribution in [2.24, 2.45) is 0 Å². The molecule has 0 saturated carbocycles. The number of aromatic amines is 1. The van der Waals surface area contributed by atoms with Crippen LogP contribution in [0.4, 0.5) is 8.78 Å². The Morgan fingerprint density at radius 3 is 2.47 bits per heavy atom. The topological polar surface area (TPSA) is 28.7 Å². The van der Waals surface area contributed by atoms with Gasteiger partial charge >= 0.3 is 0 Å². The van der Waals surface area contributed by atoms with Gasteiger partial charge in [0.15, 0.2) is 0 Å². The Balaban J connectivity index is 2.81. The Bertz CT molecular complexity index is 509. The fourth-order valence-corrected chi connectivity index (χ4v) is 1.61. The number of benzene rings is 1. The Labute approximate surface area is 86.3 Å². The highest BCUT2D eigenvalue weighted by atomic mass is 19.1. The molecule has 0 fully saturated rings. The van der Waals surface area contributed by atoms with E-state index in [9.17, 15) is 8.78 Å². The van der Waals surface area contributed by atoms with Gasteiger partial charge in [0, 0.05) is 17.5 Å². The van der Waals surface area contributed by atoms with E-state index >= 15 is 0 Å². The number of rotatable bonds is 0. The molecule has 0 aliphatic rings. The van der Waals surface area contributed by atoms with Gasteiger partial charge in [-0.25, -0.2) is 8.78 Å². The molecule has 0 aliphatic carbocycles. The molecule has 80 valence electrons. The third kappa shape index (κ3) is 1.60. The van der Waals surface area contributed by atoms with Crippen LogP contribution in [0, 0.1) is 11.6 Å². The number of hydrogen-bond acceptors (Lipinski definition) is 1. The number of halogens is 2. The number of fused-ring (bicyclic) bond motifs is 1. The molecule has 0 radical (unpaired) electrons. The third-order valence-corrected chi connectivity index (χ3v) is 2.32. The molecule has 1 N–H and O–H groups in total. The molecule has 0 saturated heterocycles. The van der Waals surface area contributed by atoms with Crippen LogP contribution >= 0.6 is 0 Å². The van der Waals surface area contributed by atoms with Gasteiger partial charge in [-0.15, -0.1) is 0 Å². The summed E-state index contributed by atoms with van der Waals surface area (Å²) in [6.45, 7) is 5.84. The van der Waals surface area contributed by atoms with Crippen molar-refractivity contribution in [2.75, 3.05) is 0 Å². The summed E-state index contributed by atoms with van der Waals surface area (Å²) in [6, 6.07) is 2.11. The molecule has 0 aliphatic heterocycles. The molecule has 1 heterocycles. The first-order chi connectivity index (χ1) is 6.89. The SMILES string of the molecule is CC(C)(C)c1[nH]nc2cc(F)cc(F)c12. The molecular weight excluding hydrogens is 198 g/mol. The Morgan fingerprint density at radius 1 is 1.20 bits per heavy atom. The highest BCUT2D eigenvalue weighted by molar-refractivity contribution is 5.82. The molecule has 1 aromatic heterocycles. The van der Waals surface area contributed by atoms with Crippen LogP contribution in [-0.2, 0) is 5.41 Å². The maximum absolute atomic E-state index is 13.6. The van der Waals surface area contributed by atoms with Gasteiger partial charge in [-0.1, -0.05) is 20.8 Å². The summed E-state index contributed by atoms with van der Waals surface area (Å²) in [6.07, 6.45) is 0. The summed E-state index contributed by atoms with van der Waals surface area (Å²) in [7, 11) is 0. The molecular formula is C11H12F2N2. The standard InChI is InChI=1S/C11H12F2N2/c1-11(2,3)10-9-7(13)4-6(12)5-8(9)14-15-10/h4-5H,1-3H3,(H,14,15). The minimum absolute atomic E-state index is 0.243. The molecule has 2 aromatic rings. The molecule has 0 amide bonds. The van der Waals surface area contributed by atoms with E-state index in [2.05, 4.69) is 10.2 Å². The fourth-order valence-electron chi connectivity index (χ4n) is 1.61. The van der Waals surface area contributed by atoms with Gasteiger partial charge in [-0.2, -0.15) is 5.10 Å². The normalized spacial score (nSPS) is 12.3. The van der Waals surface area contributed by atoms with Crippen molar-refractivity contribution in [1.82, 2.24) is 10.2 Å². The van der Waals surface area contributed by atoms with Crippen LogP contribution in [0.2, 0.25) is 0 Å². The van der Waals surface area contributed by atoms with Gasteiger partial charge in [0.1, 0.15) is 11.6 Å². The van der Waals surface area contributed by atoms with Crippen LogP contribution < -0.4 is 0 Å². The Kier molecular flexibility index (Phi) is 2.03. The second-order valence-corrected chi connectivity index (χ2v) is 4.63. The minimum atomic E-state index is -0.605. The van der Waals surface area contributed by atoms with E-state index in [1.54, 1.807) is 0 Å². The number of hydrogen-bond donors (Lipinski definition) is 1. The molecule has 1 aromatic carbocycles. The van der Waals surface area contributed by atoms with Crippen LogP contribution in [0.1, 0.15) is 26.5 Å². The van der Waals surface area contributed by atoms with E-state index in [0.717, 1.165) is 6.07 Å². The maximum atomic E-state index is 13.6. The van der Waals surface area contributed by atoms with Crippen LogP contribution in [-0.4, -0.2) is 10.2 Å². The predicted molar refractivity (Wildman–Crippen MR) is 54.7 cm³/mol. The van der Waals surface area contributed by atoms with Gasteiger partial charge in [0.25, 0.3) is 0 Å². The van der Waals surface area contributed by atoms with E-state index in [-0.39, 0.29) is 5.41 Å². The highest BCUT2D eigenvalue weighted by Gasteiger charge is 2.22. The molecule has 0 unspecified atom stereocenters. The van der Waals surface area contributed by atoms with Crippen LogP contribution in [0.5, 0.6) is 0 Å². The summed E-state index contributed by atoms with van der Waals surface area (Å²) >= 11 is 0. The maximum Gasteiger partial charge on any atom is 0.137 e. The summed E-state index contributed by atoms with van der Waals surface area (Å²) in [5, 5.41) is 7.05. The molecule has 4 heteroatoms. The molecule has 0 atom stereocenters. The molecule has 2 nitrogen and oxygen atoms in total. The van der Waals surface area contributed by atoms with Gasteiger partial charge in [-0.05, 0) is 0 Å². The lowest BCUT2D eigenvalue weighted by Crippen LogP contribution is -2.12. The van der Waals surface area contributed by atoms with E-state index in [4.69, 9.17) is 0 Å². The largest absolute Gasteiger partial charge is 0.281 e. The van der Waals surface area contributed by atoms with Gasteiger partial charge < -0.3 is 0 Å². The minimum Gasteiger partial charge on any atom is -0.281 e. The van der Waals surface area contributed by atoms with Crippen molar-refractivity contribution in [3.63, 3.8) is 0 Å². The van der Waals surface area contributed by atoms with Crippen LogP contribution in [0.25, 0.3) is 10.9 Å². The van der Waals surface area contributed by atoms with E-state index in [1.807, 2.05) is 20.8 Å². The number of aromatic nitrogens is 2. The van der Waals surface area contributed by atoms with Crippen LogP contribution in [0.15, 0.2) is 12.1 Å². The smallest absolute Gasteiger partial charge is 0.137 e. The Hall–Kier alpha value is -1.45. The average molecular weight is 210 g/mol.